The van der Waals surface area contributed by atoms with E-state index in [2.05, 4.69) is 36.7 Å². The minimum Gasteiger partial charge on any atom is -0.466 e. The summed E-state index contributed by atoms with van der Waals surface area (Å²) in [5.74, 6) is 0.595. The molecule has 0 radical (unpaired) electrons. The molecule has 1 N–H and O–H groups in total. The number of ether oxygens (including phenoxy) is 3. The van der Waals surface area contributed by atoms with E-state index in [1.807, 2.05) is 6.92 Å². The number of rotatable bonds is 7. The lowest BCUT2D eigenvalue weighted by atomic mass is 9.43. The van der Waals surface area contributed by atoms with Crippen LogP contribution in [0.4, 0.5) is 0 Å². The van der Waals surface area contributed by atoms with Crippen LogP contribution in [0.2, 0.25) is 0 Å². The standard InChI is InChI=1S/C30H47BrO7/c1-7-36-25(34)11-8-16(2)20-9-10-21-26-22(15-24(30(20,21)6)38-18(4)33)29(5)13-12-19(37-17(3)32)14-23(29)27(31)28(26)35/h16,19-24,26-28,35H,7-15H2,1-6H3/t16-,19+,20+,21+,22+,23-,24-,26-,27+,28-,29+,30+/m0/s1. The second-order valence-electron chi connectivity index (χ2n) is 13.0. The lowest BCUT2D eigenvalue weighted by Gasteiger charge is -2.65. The number of hydrogen-bond acceptors (Lipinski definition) is 7. The Morgan fingerprint density at radius 2 is 1.68 bits per heavy atom. The molecule has 0 aromatic rings. The van der Waals surface area contributed by atoms with Gasteiger partial charge < -0.3 is 19.3 Å². The SMILES string of the molecule is CCOC(=O)CC[C@H](C)[C@H]1CC[C@@H]2[C@@H]3[C@H](O)[C@H](Br)[C@@H]4C[C@H](OC(C)=O)CC[C@]4(C)[C@@H]3C[C@H](OC(C)=O)[C@@]21C. The Balaban J connectivity index is 1.64. The summed E-state index contributed by atoms with van der Waals surface area (Å²) in [5, 5.41) is 11.9. The van der Waals surface area contributed by atoms with Crippen molar-refractivity contribution in [2.24, 2.45) is 46.3 Å². The highest BCUT2D eigenvalue weighted by Gasteiger charge is 2.68. The number of esters is 3. The van der Waals surface area contributed by atoms with E-state index in [9.17, 15) is 19.5 Å². The van der Waals surface area contributed by atoms with Gasteiger partial charge in [-0.2, -0.15) is 0 Å². The Hall–Kier alpha value is -1.15. The zero-order valence-corrected chi connectivity index (χ0v) is 25.5. The molecule has 0 aliphatic heterocycles. The fourth-order valence-corrected chi connectivity index (χ4v) is 10.7. The van der Waals surface area contributed by atoms with Crippen LogP contribution in [-0.2, 0) is 28.6 Å². The fraction of sp³-hybridized carbons (Fsp3) is 0.900. The summed E-state index contributed by atoms with van der Waals surface area (Å²) in [7, 11) is 0. The number of hydrogen-bond donors (Lipinski definition) is 1. The number of alkyl halides is 1. The predicted molar refractivity (Wildman–Crippen MR) is 146 cm³/mol. The largest absolute Gasteiger partial charge is 0.466 e. The molecule has 8 heteroatoms. The van der Waals surface area contributed by atoms with Gasteiger partial charge in [0.2, 0.25) is 0 Å². The topological polar surface area (TPSA) is 99.1 Å². The van der Waals surface area contributed by atoms with Crippen molar-refractivity contribution in [1.82, 2.24) is 0 Å². The van der Waals surface area contributed by atoms with Gasteiger partial charge in [0.25, 0.3) is 0 Å². The average molecular weight is 600 g/mol. The van der Waals surface area contributed by atoms with E-state index in [0.717, 1.165) is 44.9 Å². The van der Waals surface area contributed by atoms with Gasteiger partial charge in [-0.05, 0) is 92.8 Å². The highest BCUT2D eigenvalue weighted by atomic mass is 79.9. The average Bonchev–Trinajstić information content (AvgIpc) is 3.20. The van der Waals surface area contributed by atoms with E-state index < -0.39 is 6.10 Å². The van der Waals surface area contributed by atoms with Gasteiger partial charge in [0.05, 0.1) is 12.7 Å². The van der Waals surface area contributed by atoms with Gasteiger partial charge >= 0.3 is 17.9 Å². The van der Waals surface area contributed by atoms with E-state index in [-0.39, 0.29) is 75.4 Å². The van der Waals surface area contributed by atoms with Crippen LogP contribution in [0.3, 0.4) is 0 Å². The summed E-state index contributed by atoms with van der Waals surface area (Å²) in [5.41, 5.74) is -0.325. The lowest BCUT2D eigenvalue weighted by molar-refractivity contribution is -0.215. The first-order valence-electron chi connectivity index (χ1n) is 14.7. The maximum absolute atomic E-state index is 12.4. The van der Waals surface area contributed by atoms with Crippen molar-refractivity contribution in [3.63, 3.8) is 0 Å². The highest BCUT2D eigenvalue weighted by molar-refractivity contribution is 9.09. The monoisotopic (exact) mass is 598 g/mol. The van der Waals surface area contributed by atoms with Crippen molar-refractivity contribution < 1.29 is 33.7 Å². The van der Waals surface area contributed by atoms with E-state index in [1.54, 1.807) is 0 Å². The first-order chi connectivity index (χ1) is 17.8. The molecule has 0 bridgehead atoms. The van der Waals surface area contributed by atoms with Crippen molar-refractivity contribution in [2.45, 2.75) is 116 Å². The number of halogens is 1. The van der Waals surface area contributed by atoms with E-state index in [4.69, 9.17) is 14.2 Å². The zero-order valence-electron chi connectivity index (χ0n) is 23.9. The summed E-state index contributed by atoms with van der Waals surface area (Å²) in [4.78, 5) is 36.1. The Labute approximate surface area is 236 Å². The zero-order chi connectivity index (χ0) is 28.0. The molecule has 0 amide bonds. The molecule has 0 saturated heterocycles. The Morgan fingerprint density at radius 1 is 1.00 bits per heavy atom. The summed E-state index contributed by atoms with van der Waals surface area (Å²) >= 11 is 3.93. The second-order valence-corrected chi connectivity index (χ2v) is 14.1. The minimum atomic E-state index is -0.523. The lowest BCUT2D eigenvalue weighted by Crippen LogP contribution is -2.66. The first kappa shape index (κ1) is 29.8. The number of aliphatic hydroxyl groups excluding tert-OH is 1. The second kappa shape index (κ2) is 11.4. The molecule has 4 rings (SSSR count). The van der Waals surface area contributed by atoms with Crippen LogP contribution in [-0.4, -0.2) is 52.8 Å². The van der Waals surface area contributed by atoms with Crippen LogP contribution < -0.4 is 0 Å². The van der Waals surface area contributed by atoms with E-state index in [1.165, 1.54) is 13.8 Å². The van der Waals surface area contributed by atoms with E-state index >= 15 is 0 Å². The van der Waals surface area contributed by atoms with Gasteiger partial charge in [0.15, 0.2) is 0 Å². The third kappa shape index (κ3) is 5.17. The van der Waals surface area contributed by atoms with Gasteiger partial charge in [-0.25, -0.2) is 0 Å². The molecule has 0 aromatic carbocycles. The van der Waals surface area contributed by atoms with Crippen LogP contribution in [0, 0.1) is 46.3 Å². The molecule has 0 unspecified atom stereocenters. The predicted octanol–water partition coefficient (Wildman–Crippen LogP) is 5.44. The van der Waals surface area contributed by atoms with Crippen molar-refractivity contribution in [1.29, 1.82) is 0 Å². The quantitative estimate of drug-likeness (QED) is 0.236. The van der Waals surface area contributed by atoms with Crippen LogP contribution >= 0.6 is 15.9 Å². The van der Waals surface area contributed by atoms with E-state index in [0.29, 0.717) is 18.9 Å². The molecule has 0 heterocycles. The number of fused-ring (bicyclic) bond motifs is 5. The molecule has 4 aliphatic carbocycles. The maximum Gasteiger partial charge on any atom is 0.305 e. The van der Waals surface area contributed by atoms with Crippen LogP contribution in [0.25, 0.3) is 0 Å². The molecule has 4 aliphatic rings. The van der Waals surface area contributed by atoms with Crippen molar-refractivity contribution in [3.05, 3.63) is 0 Å². The molecule has 216 valence electrons. The summed E-state index contributed by atoms with van der Waals surface area (Å²) in [6.07, 6.45) is 5.46. The van der Waals surface area contributed by atoms with Gasteiger partial charge in [0.1, 0.15) is 12.2 Å². The Bertz CT molecular complexity index is 909. The molecule has 12 atom stereocenters. The smallest absolute Gasteiger partial charge is 0.305 e. The molecular weight excluding hydrogens is 552 g/mol. The number of carbonyl (C=O) groups is 3. The minimum absolute atomic E-state index is 0.0535. The molecule has 0 spiro atoms. The fourth-order valence-electron chi connectivity index (χ4n) is 9.57. The number of carbonyl (C=O) groups excluding carboxylic acids is 3. The van der Waals surface area contributed by atoms with Crippen molar-refractivity contribution in [3.8, 4) is 0 Å². The van der Waals surface area contributed by atoms with Crippen LogP contribution in [0.1, 0.15) is 92.9 Å². The summed E-state index contributed by atoms with van der Waals surface area (Å²) in [6.45, 7) is 12.0. The molecule has 4 fully saturated rings. The van der Waals surface area contributed by atoms with Crippen molar-refractivity contribution in [2.75, 3.05) is 6.61 Å². The summed E-state index contributed by atoms with van der Waals surface area (Å²) < 4.78 is 17.0. The summed E-state index contributed by atoms with van der Waals surface area (Å²) in [6, 6.07) is 0. The molecule has 0 aromatic heterocycles. The first-order valence-corrected chi connectivity index (χ1v) is 15.6. The highest BCUT2D eigenvalue weighted by Crippen LogP contribution is 2.69. The Morgan fingerprint density at radius 3 is 2.32 bits per heavy atom. The number of aliphatic hydroxyl groups is 1. The van der Waals surface area contributed by atoms with Gasteiger partial charge in [0, 0.05) is 30.5 Å². The van der Waals surface area contributed by atoms with Gasteiger partial charge in [-0.3, -0.25) is 14.4 Å². The molecular formula is C30H47BrO7. The maximum atomic E-state index is 12.4. The normalized spacial score (nSPS) is 44.7. The molecule has 4 saturated carbocycles. The Kier molecular flexibility index (Phi) is 8.93. The van der Waals surface area contributed by atoms with Crippen LogP contribution in [0.5, 0.6) is 0 Å². The molecule has 7 nitrogen and oxygen atoms in total. The third-order valence-electron chi connectivity index (χ3n) is 11.2. The van der Waals surface area contributed by atoms with Crippen molar-refractivity contribution >= 4 is 33.8 Å². The molecule has 38 heavy (non-hydrogen) atoms. The van der Waals surface area contributed by atoms with Gasteiger partial charge in [-0.1, -0.05) is 36.7 Å². The third-order valence-corrected chi connectivity index (χ3v) is 12.4. The van der Waals surface area contributed by atoms with Gasteiger partial charge in [-0.15, -0.1) is 0 Å². The van der Waals surface area contributed by atoms with Crippen LogP contribution in [0.15, 0.2) is 0 Å².